The van der Waals surface area contributed by atoms with Gasteiger partial charge in [-0.3, -0.25) is 4.79 Å². The van der Waals surface area contributed by atoms with Crippen LogP contribution in [0.2, 0.25) is 5.02 Å². The molecule has 76 valence electrons. The molecule has 3 N–H and O–H groups in total. The molecule has 2 aromatic rings. The minimum Gasteiger partial charge on any atom is -0.398 e. The highest BCUT2D eigenvalue weighted by molar-refractivity contribution is 6.31. The van der Waals surface area contributed by atoms with Crippen molar-refractivity contribution in [3.05, 3.63) is 46.0 Å². The lowest BCUT2D eigenvalue weighted by molar-refractivity contribution is 1.12. The molecule has 2 rings (SSSR count). The summed E-state index contributed by atoms with van der Waals surface area (Å²) in [6.45, 7) is 0. The molecule has 1 aromatic carbocycles. The molecule has 0 amide bonds. The van der Waals surface area contributed by atoms with E-state index in [4.69, 9.17) is 17.3 Å². The van der Waals surface area contributed by atoms with Crippen LogP contribution in [0.15, 0.2) is 35.4 Å². The minimum absolute atomic E-state index is 0.214. The lowest BCUT2D eigenvalue weighted by atomic mass is 10.1. The van der Waals surface area contributed by atoms with Crippen LogP contribution in [0.25, 0.3) is 11.3 Å². The second kappa shape index (κ2) is 3.74. The van der Waals surface area contributed by atoms with E-state index >= 15 is 0 Å². The summed E-state index contributed by atoms with van der Waals surface area (Å²) >= 11 is 5.77. The van der Waals surface area contributed by atoms with Gasteiger partial charge in [0, 0.05) is 22.3 Å². The van der Waals surface area contributed by atoms with Crippen molar-refractivity contribution in [3.63, 3.8) is 0 Å². The van der Waals surface area contributed by atoms with E-state index in [1.807, 2.05) is 0 Å². The van der Waals surface area contributed by atoms with Crippen LogP contribution in [0, 0.1) is 0 Å². The van der Waals surface area contributed by atoms with Crippen LogP contribution in [0.3, 0.4) is 0 Å². The van der Waals surface area contributed by atoms with Gasteiger partial charge in [0.25, 0.3) is 5.56 Å². The number of benzene rings is 1. The first-order valence-corrected chi connectivity index (χ1v) is 4.65. The lowest BCUT2D eigenvalue weighted by Crippen LogP contribution is -2.05. The Kier molecular flexibility index (Phi) is 2.43. The second-order valence-corrected chi connectivity index (χ2v) is 3.46. The van der Waals surface area contributed by atoms with E-state index in [9.17, 15) is 4.79 Å². The molecule has 0 spiro atoms. The number of anilines is 1. The first-order valence-electron chi connectivity index (χ1n) is 4.27. The van der Waals surface area contributed by atoms with Gasteiger partial charge < -0.3 is 10.7 Å². The summed E-state index contributed by atoms with van der Waals surface area (Å²) < 4.78 is 0. The van der Waals surface area contributed by atoms with Crippen molar-refractivity contribution in [1.29, 1.82) is 0 Å². The van der Waals surface area contributed by atoms with Gasteiger partial charge in [0.05, 0.1) is 12.0 Å². The summed E-state index contributed by atoms with van der Waals surface area (Å²) in [5, 5.41) is 0.557. The highest BCUT2D eigenvalue weighted by Crippen LogP contribution is 2.25. The molecule has 0 bridgehead atoms. The van der Waals surface area contributed by atoms with Gasteiger partial charge in [-0.15, -0.1) is 0 Å². The van der Waals surface area contributed by atoms with E-state index in [2.05, 4.69) is 9.97 Å². The van der Waals surface area contributed by atoms with Gasteiger partial charge in [-0.1, -0.05) is 11.6 Å². The minimum atomic E-state index is -0.214. The number of H-pyrrole nitrogens is 1. The molecule has 15 heavy (non-hydrogen) atoms. The third-order valence-electron chi connectivity index (χ3n) is 1.97. The Morgan fingerprint density at radius 2 is 2.13 bits per heavy atom. The molecule has 0 aliphatic heterocycles. The number of aromatic nitrogens is 2. The van der Waals surface area contributed by atoms with E-state index in [1.54, 1.807) is 18.2 Å². The fourth-order valence-electron chi connectivity index (χ4n) is 1.28. The summed E-state index contributed by atoms with van der Waals surface area (Å²) in [7, 11) is 0. The topological polar surface area (TPSA) is 71.8 Å². The van der Waals surface area contributed by atoms with Crippen molar-refractivity contribution < 1.29 is 0 Å². The van der Waals surface area contributed by atoms with Gasteiger partial charge >= 0.3 is 0 Å². The van der Waals surface area contributed by atoms with E-state index in [0.717, 1.165) is 0 Å². The molecule has 0 fully saturated rings. The third kappa shape index (κ3) is 1.99. The zero-order chi connectivity index (χ0) is 10.8. The standard InChI is InChI=1S/C10H8ClN3O/c11-6-1-2-7(8(12)3-6)9-4-10(15)14-5-13-9/h1-5H,12H2,(H,13,14,15). The Bertz CT molecular complexity index is 550. The van der Waals surface area contributed by atoms with Crippen molar-refractivity contribution in [1.82, 2.24) is 9.97 Å². The van der Waals surface area contributed by atoms with E-state index in [1.165, 1.54) is 12.4 Å². The predicted molar refractivity (Wildman–Crippen MR) is 59.7 cm³/mol. The number of rotatable bonds is 1. The van der Waals surface area contributed by atoms with Crippen molar-refractivity contribution in [2.45, 2.75) is 0 Å². The maximum Gasteiger partial charge on any atom is 0.251 e. The van der Waals surface area contributed by atoms with Gasteiger partial charge in [-0.05, 0) is 18.2 Å². The van der Waals surface area contributed by atoms with Crippen LogP contribution in [-0.4, -0.2) is 9.97 Å². The Balaban J connectivity index is 2.59. The third-order valence-corrected chi connectivity index (χ3v) is 2.20. The average molecular weight is 222 g/mol. The molecular formula is C10H8ClN3O. The van der Waals surface area contributed by atoms with Crippen molar-refractivity contribution in [2.24, 2.45) is 0 Å². The normalized spacial score (nSPS) is 10.2. The molecule has 0 radical (unpaired) electrons. The summed E-state index contributed by atoms with van der Waals surface area (Å²) in [5.41, 5.74) is 7.29. The number of nitrogen functional groups attached to an aromatic ring is 1. The molecule has 0 unspecified atom stereocenters. The number of halogens is 1. The highest BCUT2D eigenvalue weighted by Gasteiger charge is 2.04. The number of hydrogen-bond donors (Lipinski definition) is 2. The quantitative estimate of drug-likeness (QED) is 0.720. The second-order valence-electron chi connectivity index (χ2n) is 3.03. The highest BCUT2D eigenvalue weighted by atomic mass is 35.5. The van der Waals surface area contributed by atoms with Crippen molar-refractivity contribution in [3.8, 4) is 11.3 Å². The summed E-state index contributed by atoms with van der Waals surface area (Å²) in [5.74, 6) is 0. The zero-order valence-electron chi connectivity index (χ0n) is 7.70. The average Bonchev–Trinajstić information content (AvgIpc) is 2.17. The van der Waals surface area contributed by atoms with Crippen LogP contribution >= 0.6 is 11.6 Å². The first-order chi connectivity index (χ1) is 7.16. The van der Waals surface area contributed by atoms with Gasteiger partial charge in [0.1, 0.15) is 0 Å². The van der Waals surface area contributed by atoms with Gasteiger partial charge in [-0.25, -0.2) is 4.98 Å². The van der Waals surface area contributed by atoms with Crippen LogP contribution < -0.4 is 11.3 Å². The first kappa shape index (κ1) is 9.73. The molecule has 0 atom stereocenters. The molecule has 0 saturated carbocycles. The lowest BCUT2D eigenvalue weighted by Gasteiger charge is -2.04. The number of nitrogens with two attached hydrogens (primary N) is 1. The monoisotopic (exact) mass is 221 g/mol. The fourth-order valence-corrected chi connectivity index (χ4v) is 1.46. The van der Waals surface area contributed by atoms with E-state index in [0.29, 0.717) is 22.0 Å². The number of nitrogens with one attached hydrogen (secondary N) is 1. The zero-order valence-corrected chi connectivity index (χ0v) is 8.45. The van der Waals surface area contributed by atoms with Crippen LogP contribution in [0.5, 0.6) is 0 Å². The number of nitrogens with zero attached hydrogens (tertiary/aromatic N) is 1. The van der Waals surface area contributed by atoms with Gasteiger partial charge in [-0.2, -0.15) is 0 Å². The largest absolute Gasteiger partial charge is 0.398 e. The fraction of sp³-hybridized carbons (Fsp3) is 0. The van der Waals surface area contributed by atoms with Crippen molar-refractivity contribution in [2.75, 3.05) is 5.73 Å². The summed E-state index contributed by atoms with van der Waals surface area (Å²) in [6, 6.07) is 6.45. The maximum absolute atomic E-state index is 11.1. The molecule has 1 aromatic heterocycles. The number of aromatic amines is 1. The van der Waals surface area contributed by atoms with Gasteiger partial charge in [0.15, 0.2) is 0 Å². The Morgan fingerprint density at radius 3 is 2.80 bits per heavy atom. The smallest absolute Gasteiger partial charge is 0.251 e. The molecule has 5 heteroatoms. The van der Waals surface area contributed by atoms with Crippen LogP contribution in [-0.2, 0) is 0 Å². The summed E-state index contributed by atoms with van der Waals surface area (Å²) in [4.78, 5) is 17.5. The van der Waals surface area contributed by atoms with E-state index < -0.39 is 0 Å². The molecule has 0 aliphatic carbocycles. The SMILES string of the molecule is Nc1cc(Cl)ccc1-c1cc(=O)[nH]cn1. The number of hydrogen-bond acceptors (Lipinski definition) is 3. The molecule has 1 heterocycles. The Hall–Kier alpha value is -1.81. The Morgan fingerprint density at radius 1 is 1.33 bits per heavy atom. The molecule has 0 saturated heterocycles. The van der Waals surface area contributed by atoms with E-state index in [-0.39, 0.29) is 5.56 Å². The van der Waals surface area contributed by atoms with Gasteiger partial charge in [0.2, 0.25) is 0 Å². The van der Waals surface area contributed by atoms with Crippen LogP contribution in [0.4, 0.5) is 5.69 Å². The maximum atomic E-state index is 11.1. The predicted octanol–water partition coefficient (Wildman–Crippen LogP) is 1.67. The molecule has 4 nitrogen and oxygen atoms in total. The van der Waals surface area contributed by atoms with Crippen molar-refractivity contribution >= 4 is 17.3 Å². The molecular weight excluding hydrogens is 214 g/mol. The molecule has 0 aliphatic rings. The summed E-state index contributed by atoms with van der Waals surface area (Å²) in [6.07, 6.45) is 1.34. The Labute approximate surface area is 90.7 Å². The van der Waals surface area contributed by atoms with Crippen LogP contribution in [0.1, 0.15) is 0 Å².